The van der Waals surface area contributed by atoms with Crippen LogP contribution in [0.15, 0.2) is 0 Å². The Morgan fingerprint density at radius 2 is 2.10 bits per heavy atom. The van der Waals surface area contributed by atoms with Crippen molar-refractivity contribution < 1.29 is 0 Å². The summed E-state index contributed by atoms with van der Waals surface area (Å²) in [7, 11) is 0. The van der Waals surface area contributed by atoms with Gasteiger partial charge in [-0.1, -0.05) is 6.42 Å². The maximum absolute atomic E-state index is 3.39. The van der Waals surface area contributed by atoms with E-state index in [0.717, 1.165) is 12.6 Å². The van der Waals surface area contributed by atoms with Crippen LogP contribution in [0.2, 0.25) is 0 Å². The Hall–Kier alpha value is -1.04. The summed E-state index contributed by atoms with van der Waals surface area (Å²) in [6, 6.07) is 0.749. The van der Waals surface area contributed by atoms with Crippen LogP contribution in [-0.4, -0.2) is 12.6 Å². The Morgan fingerprint density at radius 1 is 1.50 bits per heavy atom. The van der Waals surface area contributed by atoms with E-state index in [4.69, 9.17) is 0 Å². The standard InChI is InChI=1S/C7H14N.CH3.Lr/c1-6-3-4-7(2)8-5-6;;/h7-8H,3-5H2,1-2H3;1H3;/q2*-1;. The number of hydrogen-bond donors (Lipinski definition) is 1. The fourth-order valence-corrected chi connectivity index (χ4v) is 1.00. The van der Waals surface area contributed by atoms with Gasteiger partial charge in [-0.15, -0.1) is 6.54 Å². The quantitative estimate of drug-likeness (QED) is 0.624. The maximum Gasteiger partial charge on any atom is 0 e. The first kappa shape index (κ1) is 11.7. The van der Waals surface area contributed by atoms with Gasteiger partial charge in [0.05, 0.1) is 0 Å². The van der Waals surface area contributed by atoms with E-state index in [-0.39, 0.29) is 7.43 Å². The van der Waals surface area contributed by atoms with Gasteiger partial charge in [0, 0.05) is 0 Å². The van der Waals surface area contributed by atoms with Gasteiger partial charge in [-0.25, -0.2) is 0 Å². The van der Waals surface area contributed by atoms with Gasteiger partial charge >= 0.3 is 0 Å². The summed E-state index contributed by atoms with van der Waals surface area (Å²) in [5, 5.41) is 3.39. The fourth-order valence-electron chi connectivity index (χ4n) is 1.00. The number of piperidine rings is 1. The molecule has 1 aliphatic rings. The minimum atomic E-state index is 0. The van der Waals surface area contributed by atoms with Crippen molar-refractivity contribution in [2.24, 2.45) is 0 Å². The molecule has 2 heteroatoms. The van der Waals surface area contributed by atoms with Gasteiger partial charge in [0.2, 0.25) is 0 Å². The van der Waals surface area contributed by atoms with Crippen LogP contribution in [0.3, 0.4) is 0 Å². The summed E-state index contributed by atoms with van der Waals surface area (Å²) in [5.41, 5.74) is 0. The molecule has 1 unspecified atom stereocenters. The van der Waals surface area contributed by atoms with E-state index in [1.54, 1.807) is 5.92 Å². The van der Waals surface area contributed by atoms with Crippen LogP contribution < -0.4 is 5.32 Å². The van der Waals surface area contributed by atoms with E-state index < -0.39 is 0 Å². The molecular formula is C8H17LrN-2. The molecule has 1 rings (SSSR count). The molecule has 1 aliphatic heterocycles. The van der Waals surface area contributed by atoms with Crippen molar-refractivity contribution >= 4 is 0 Å². The minimum absolute atomic E-state index is 0. The van der Waals surface area contributed by atoms with E-state index in [9.17, 15) is 0 Å². The molecule has 0 spiro atoms. The minimum Gasteiger partial charge on any atom is -0.358 e. The van der Waals surface area contributed by atoms with Crippen molar-refractivity contribution in [3.05, 3.63) is 13.3 Å². The average Bonchev–Trinajstić information content (AvgIpc) is 1.77. The van der Waals surface area contributed by atoms with Crippen molar-refractivity contribution in [3.63, 3.8) is 0 Å². The molecule has 1 saturated heterocycles. The molecule has 1 heterocycles. The van der Waals surface area contributed by atoms with Gasteiger partial charge in [-0.05, 0) is 13.0 Å². The maximum atomic E-state index is 3.39. The van der Waals surface area contributed by atoms with Crippen LogP contribution in [0.5, 0.6) is 0 Å². The molecule has 1 fully saturated rings. The molecule has 0 aromatic rings. The third-order valence-electron chi connectivity index (χ3n) is 1.76. The second-order valence-corrected chi connectivity index (χ2v) is 2.78. The van der Waals surface area contributed by atoms with Crippen LogP contribution >= 0.6 is 0 Å². The van der Waals surface area contributed by atoms with E-state index in [1.807, 2.05) is 0 Å². The topological polar surface area (TPSA) is 12.0 Å². The summed E-state index contributed by atoms with van der Waals surface area (Å²) in [6.07, 6.45) is 2.65. The van der Waals surface area contributed by atoms with Gasteiger partial charge in [-0.3, -0.25) is 0 Å². The van der Waals surface area contributed by atoms with E-state index >= 15 is 0 Å². The van der Waals surface area contributed by atoms with Crippen LogP contribution in [0, 0.1) is 13.3 Å². The molecule has 0 aliphatic carbocycles. The van der Waals surface area contributed by atoms with Gasteiger partial charge < -0.3 is 18.7 Å². The van der Waals surface area contributed by atoms with Crippen molar-refractivity contribution in [1.29, 1.82) is 0 Å². The molecule has 10 heavy (non-hydrogen) atoms. The molecule has 0 aromatic heterocycles. The zero-order chi connectivity index (χ0) is 5.98. The van der Waals surface area contributed by atoms with Crippen molar-refractivity contribution in [3.8, 4) is 0 Å². The zero-order valence-electron chi connectivity index (χ0n) is 6.96. The monoisotopic (exact) mass is 389 g/mol. The summed E-state index contributed by atoms with van der Waals surface area (Å²) >= 11 is 0. The van der Waals surface area contributed by atoms with Crippen LogP contribution in [-0.2, 0) is 0 Å². The summed E-state index contributed by atoms with van der Waals surface area (Å²) in [6.45, 7) is 5.60. The first-order valence-electron chi connectivity index (χ1n) is 3.33. The summed E-state index contributed by atoms with van der Waals surface area (Å²) < 4.78 is 0. The predicted octanol–water partition coefficient (Wildman–Crippen LogP) is 1.80. The molecule has 1 nitrogen and oxygen atoms in total. The number of rotatable bonds is 0. The normalized spacial score (nSPS) is 26.4. The Morgan fingerprint density at radius 3 is 2.40 bits per heavy atom. The molecule has 0 saturated carbocycles. The van der Waals surface area contributed by atoms with Gasteiger partial charge in [0.1, 0.15) is 0 Å². The Labute approximate surface area is 58.8 Å². The second-order valence-electron chi connectivity index (χ2n) is 2.78. The van der Waals surface area contributed by atoms with E-state index in [0.29, 0.717) is 0 Å². The molecular weight excluding hydrogens is 372 g/mol. The van der Waals surface area contributed by atoms with Gasteiger partial charge in [0.15, 0.2) is 0 Å². The van der Waals surface area contributed by atoms with Crippen molar-refractivity contribution in [1.82, 2.24) is 5.32 Å². The Balaban J connectivity index is 0. The van der Waals surface area contributed by atoms with Crippen molar-refractivity contribution in [2.45, 2.75) is 32.7 Å². The van der Waals surface area contributed by atoms with Crippen molar-refractivity contribution in [2.75, 3.05) is 6.54 Å². The van der Waals surface area contributed by atoms with Crippen LogP contribution in [0.1, 0.15) is 26.7 Å². The largest absolute Gasteiger partial charge is 0.358 e. The van der Waals surface area contributed by atoms with Gasteiger partial charge in [-0.2, -0.15) is 13.3 Å². The molecule has 0 amide bonds. The molecule has 1 radical (unpaired) electrons. The molecule has 0 bridgehead atoms. The third kappa shape index (κ3) is 3.08. The first-order valence-corrected chi connectivity index (χ1v) is 3.33. The fraction of sp³-hybridized carbons (Fsp3) is 0.750. The summed E-state index contributed by atoms with van der Waals surface area (Å²) in [4.78, 5) is 0. The number of nitrogens with one attached hydrogen (secondary N) is 1. The van der Waals surface area contributed by atoms with Gasteiger partial charge in [0.25, 0.3) is 0 Å². The first-order chi connectivity index (χ1) is 3.79. The smallest absolute Gasteiger partial charge is 0 e. The van der Waals surface area contributed by atoms with E-state index in [2.05, 4.69) is 19.2 Å². The Bertz CT molecular complexity index is 57.7. The number of hydrogen-bond acceptors (Lipinski definition) is 1. The molecule has 1 N–H and O–H groups in total. The van der Waals surface area contributed by atoms with Crippen LogP contribution in [0.25, 0.3) is 0 Å². The zero-order valence-corrected chi connectivity index (χ0v) is 9.11. The van der Waals surface area contributed by atoms with E-state index in [1.165, 1.54) is 12.8 Å². The summed E-state index contributed by atoms with van der Waals surface area (Å²) in [5.74, 6) is 1.60. The third-order valence-corrected chi connectivity index (χ3v) is 1.76. The van der Waals surface area contributed by atoms with Crippen LogP contribution in [0.4, 0.5) is 0 Å². The Kier molecular flexibility index (Phi) is 5.63. The molecule has 1 atom stereocenters. The molecule has 71 valence electrons. The SMILES string of the molecule is C[C-]1CCC(C)NC1.[CH3-].[Lr]. The second kappa shape index (κ2) is 4.80. The average molecular weight is 389 g/mol. The molecule has 0 aromatic carbocycles. The predicted molar refractivity (Wildman–Crippen MR) is 42.0 cm³/mol.